The van der Waals surface area contributed by atoms with Crippen LogP contribution in [0.3, 0.4) is 0 Å². The number of aliphatic carboxylic acids is 1. The first-order valence-electron chi connectivity index (χ1n) is 6.44. The van der Waals surface area contributed by atoms with E-state index in [1.165, 1.54) is 0 Å². The van der Waals surface area contributed by atoms with Crippen molar-refractivity contribution in [3.8, 4) is 0 Å². The molecule has 5 nitrogen and oxygen atoms in total. The summed E-state index contributed by atoms with van der Waals surface area (Å²) in [5, 5.41) is 12.3. The van der Waals surface area contributed by atoms with Crippen molar-refractivity contribution in [3.05, 3.63) is 28.8 Å². The zero-order valence-electron chi connectivity index (χ0n) is 11.4. The maximum atomic E-state index is 12.0. The van der Waals surface area contributed by atoms with Gasteiger partial charge in [0.2, 0.25) is 0 Å². The first-order valence-corrected chi connectivity index (χ1v) is 6.81. The number of urea groups is 1. The summed E-state index contributed by atoms with van der Waals surface area (Å²) in [6.45, 7) is 4.45. The summed E-state index contributed by atoms with van der Waals surface area (Å²) in [7, 11) is 0. The van der Waals surface area contributed by atoms with Crippen molar-refractivity contribution in [1.82, 2.24) is 4.90 Å². The molecule has 0 saturated carbocycles. The molecule has 1 aromatic rings. The molecule has 0 bridgehead atoms. The smallest absolute Gasteiger partial charge is 0.321 e. The van der Waals surface area contributed by atoms with Crippen molar-refractivity contribution in [2.24, 2.45) is 11.8 Å². The number of benzene rings is 1. The van der Waals surface area contributed by atoms with Crippen LogP contribution in [0.4, 0.5) is 10.5 Å². The van der Waals surface area contributed by atoms with E-state index in [2.05, 4.69) is 5.32 Å². The monoisotopic (exact) mass is 296 g/mol. The molecule has 6 heteroatoms. The van der Waals surface area contributed by atoms with Crippen LogP contribution in [-0.4, -0.2) is 35.1 Å². The maximum absolute atomic E-state index is 12.0. The summed E-state index contributed by atoms with van der Waals surface area (Å²) < 4.78 is 0. The number of carbonyl (C=O) groups is 2. The fourth-order valence-corrected chi connectivity index (χ4v) is 2.31. The first-order chi connectivity index (χ1) is 9.40. The van der Waals surface area contributed by atoms with Crippen molar-refractivity contribution >= 4 is 29.3 Å². The highest BCUT2D eigenvalue weighted by molar-refractivity contribution is 6.31. The van der Waals surface area contributed by atoms with E-state index in [9.17, 15) is 9.59 Å². The van der Waals surface area contributed by atoms with Crippen LogP contribution in [0, 0.1) is 18.8 Å². The van der Waals surface area contributed by atoms with Gasteiger partial charge in [-0.25, -0.2) is 4.79 Å². The Kier molecular flexibility index (Phi) is 4.18. The predicted octanol–water partition coefficient (Wildman–Crippen LogP) is 2.83. The molecule has 1 aliphatic heterocycles. The van der Waals surface area contributed by atoms with Gasteiger partial charge in [-0.1, -0.05) is 24.6 Å². The summed E-state index contributed by atoms with van der Waals surface area (Å²) >= 11 is 5.99. The molecule has 20 heavy (non-hydrogen) atoms. The van der Waals surface area contributed by atoms with Gasteiger partial charge in [0.1, 0.15) is 0 Å². The van der Waals surface area contributed by atoms with Crippen LogP contribution in [0.5, 0.6) is 0 Å². The number of carboxylic acids is 1. The standard InChI is InChI=1S/C14H17ClN2O3/c1-8(13(18)19)10-6-17(7-10)14(20)16-12-5-3-4-11(15)9(12)2/h3-5,8,10H,6-7H2,1-2H3,(H,16,20)(H,18,19). The SMILES string of the molecule is Cc1c(Cl)cccc1NC(=O)N1CC(C(C)C(=O)O)C1. The molecule has 1 unspecified atom stereocenters. The Balaban J connectivity index is 1.92. The van der Waals surface area contributed by atoms with Crippen LogP contribution >= 0.6 is 11.6 Å². The van der Waals surface area contributed by atoms with Gasteiger partial charge in [-0.05, 0) is 24.6 Å². The minimum Gasteiger partial charge on any atom is -0.481 e. The van der Waals surface area contributed by atoms with E-state index in [-0.39, 0.29) is 11.9 Å². The lowest BCUT2D eigenvalue weighted by molar-refractivity contribution is -0.144. The van der Waals surface area contributed by atoms with Gasteiger partial charge in [-0.15, -0.1) is 0 Å². The van der Waals surface area contributed by atoms with E-state index in [1.54, 1.807) is 30.0 Å². The lowest BCUT2D eigenvalue weighted by Crippen LogP contribution is -2.54. The molecule has 1 heterocycles. The Morgan fingerprint density at radius 2 is 2.10 bits per heavy atom. The van der Waals surface area contributed by atoms with Crippen LogP contribution in [0.15, 0.2) is 18.2 Å². The van der Waals surface area contributed by atoms with E-state index in [0.29, 0.717) is 23.8 Å². The van der Waals surface area contributed by atoms with Gasteiger partial charge in [0.15, 0.2) is 0 Å². The summed E-state index contributed by atoms with van der Waals surface area (Å²) in [5.41, 5.74) is 1.50. The molecule has 1 saturated heterocycles. The molecule has 2 amide bonds. The molecule has 108 valence electrons. The van der Waals surface area contributed by atoms with Crippen LogP contribution in [-0.2, 0) is 4.79 Å². The average molecular weight is 297 g/mol. The van der Waals surface area contributed by atoms with Crippen molar-refractivity contribution in [3.63, 3.8) is 0 Å². The van der Waals surface area contributed by atoms with Gasteiger partial charge in [0.05, 0.1) is 5.92 Å². The third-order valence-electron chi connectivity index (χ3n) is 3.80. The van der Waals surface area contributed by atoms with Gasteiger partial charge in [-0.2, -0.15) is 0 Å². The number of hydrogen-bond donors (Lipinski definition) is 2. The predicted molar refractivity (Wildman–Crippen MR) is 77.1 cm³/mol. The van der Waals surface area contributed by atoms with Crippen molar-refractivity contribution < 1.29 is 14.7 Å². The molecular formula is C14H17ClN2O3. The highest BCUT2D eigenvalue weighted by Crippen LogP contribution is 2.27. The number of rotatable bonds is 3. The van der Waals surface area contributed by atoms with E-state index < -0.39 is 11.9 Å². The summed E-state index contributed by atoms with van der Waals surface area (Å²) in [6, 6.07) is 5.11. The second kappa shape index (κ2) is 5.71. The van der Waals surface area contributed by atoms with E-state index in [1.807, 2.05) is 6.92 Å². The fraction of sp³-hybridized carbons (Fsp3) is 0.429. The Morgan fingerprint density at radius 1 is 1.45 bits per heavy atom. The normalized spacial score (nSPS) is 16.4. The Morgan fingerprint density at radius 3 is 2.70 bits per heavy atom. The number of carbonyl (C=O) groups excluding carboxylic acids is 1. The quantitative estimate of drug-likeness (QED) is 0.901. The lowest BCUT2D eigenvalue weighted by atomic mass is 9.87. The van der Waals surface area contributed by atoms with Crippen LogP contribution < -0.4 is 5.32 Å². The molecular weight excluding hydrogens is 280 g/mol. The summed E-state index contributed by atoms with van der Waals surface area (Å²) in [4.78, 5) is 24.5. The maximum Gasteiger partial charge on any atom is 0.321 e. The van der Waals surface area contributed by atoms with Crippen molar-refractivity contribution in [1.29, 1.82) is 0 Å². The van der Waals surface area contributed by atoms with E-state index in [4.69, 9.17) is 16.7 Å². The van der Waals surface area contributed by atoms with Gasteiger partial charge in [0.25, 0.3) is 0 Å². The fourth-order valence-electron chi connectivity index (χ4n) is 2.13. The van der Waals surface area contributed by atoms with E-state index in [0.717, 1.165) is 5.56 Å². The zero-order valence-corrected chi connectivity index (χ0v) is 12.1. The molecule has 0 aromatic heterocycles. The largest absolute Gasteiger partial charge is 0.481 e. The number of likely N-dealkylation sites (tertiary alicyclic amines) is 1. The zero-order chi connectivity index (χ0) is 14.9. The molecule has 2 rings (SSSR count). The van der Waals surface area contributed by atoms with Gasteiger partial charge in [0, 0.05) is 29.7 Å². The third-order valence-corrected chi connectivity index (χ3v) is 4.21. The lowest BCUT2D eigenvalue weighted by Gasteiger charge is -2.41. The number of carboxylic acid groups (broad SMARTS) is 1. The minimum atomic E-state index is -0.819. The molecule has 1 aliphatic rings. The van der Waals surface area contributed by atoms with E-state index >= 15 is 0 Å². The van der Waals surface area contributed by atoms with Gasteiger partial charge in [-0.3, -0.25) is 4.79 Å². The third kappa shape index (κ3) is 2.88. The number of nitrogens with zero attached hydrogens (tertiary/aromatic N) is 1. The Labute approximate surface area is 122 Å². The Bertz CT molecular complexity index is 541. The van der Waals surface area contributed by atoms with Gasteiger partial charge < -0.3 is 15.3 Å². The number of amides is 2. The number of halogens is 1. The molecule has 0 aliphatic carbocycles. The molecule has 1 aromatic carbocycles. The van der Waals surface area contributed by atoms with Crippen molar-refractivity contribution in [2.45, 2.75) is 13.8 Å². The van der Waals surface area contributed by atoms with Crippen molar-refractivity contribution in [2.75, 3.05) is 18.4 Å². The minimum absolute atomic E-state index is 0.0266. The molecule has 1 fully saturated rings. The molecule has 0 radical (unpaired) electrons. The van der Waals surface area contributed by atoms with Gasteiger partial charge >= 0.3 is 12.0 Å². The number of nitrogens with one attached hydrogen (secondary N) is 1. The molecule has 0 spiro atoms. The second-order valence-electron chi connectivity index (χ2n) is 5.13. The summed E-state index contributed by atoms with van der Waals surface area (Å²) in [6.07, 6.45) is 0. The highest BCUT2D eigenvalue weighted by Gasteiger charge is 2.37. The Hall–Kier alpha value is -1.75. The van der Waals surface area contributed by atoms with Crippen LogP contribution in [0.1, 0.15) is 12.5 Å². The van der Waals surface area contributed by atoms with Crippen LogP contribution in [0.25, 0.3) is 0 Å². The number of hydrogen-bond acceptors (Lipinski definition) is 2. The highest BCUT2D eigenvalue weighted by atomic mass is 35.5. The molecule has 2 N–H and O–H groups in total. The second-order valence-corrected chi connectivity index (χ2v) is 5.54. The first kappa shape index (κ1) is 14.7. The molecule has 1 atom stereocenters. The average Bonchev–Trinajstić information content (AvgIpc) is 2.33. The summed E-state index contributed by atoms with van der Waals surface area (Å²) in [5.74, 6) is -1.22. The van der Waals surface area contributed by atoms with Crippen LogP contribution in [0.2, 0.25) is 5.02 Å². The topological polar surface area (TPSA) is 69.6 Å². The number of anilines is 1.